The smallest absolute Gasteiger partial charge is 0.426 e. The Kier molecular flexibility index (Phi) is 6.40. The highest BCUT2D eigenvalue weighted by Crippen LogP contribution is 2.45. The molecule has 9 heteroatoms. The number of hydrogen-bond acceptors (Lipinski definition) is 4. The van der Waals surface area contributed by atoms with Gasteiger partial charge in [-0.2, -0.15) is 13.2 Å². The van der Waals surface area contributed by atoms with E-state index in [9.17, 15) is 18.0 Å². The van der Waals surface area contributed by atoms with Gasteiger partial charge >= 0.3 is 12.1 Å². The number of hydrogen-bond donors (Lipinski definition) is 0. The molecule has 3 heterocycles. The number of aromatic nitrogens is 3. The molecule has 0 aliphatic carbocycles. The van der Waals surface area contributed by atoms with E-state index in [0.717, 1.165) is 16.6 Å². The minimum Gasteiger partial charge on any atom is -0.466 e. The van der Waals surface area contributed by atoms with Crippen LogP contribution in [0.1, 0.15) is 18.2 Å². The Morgan fingerprint density at radius 1 is 1.08 bits per heavy atom. The van der Waals surface area contributed by atoms with Gasteiger partial charge in [-0.05, 0) is 42.8 Å². The lowest BCUT2D eigenvalue weighted by atomic mass is 10.1. The molecule has 0 unspecified atom stereocenters. The molecule has 0 atom stereocenters. The Balaban J connectivity index is 1.42. The molecule has 36 heavy (non-hydrogen) atoms. The first-order valence-electron chi connectivity index (χ1n) is 11.4. The number of aryl methyl sites for hydroxylation is 1. The minimum absolute atomic E-state index is 0.156. The fourth-order valence-corrected chi connectivity index (χ4v) is 5.15. The van der Waals surface area contributed by atoms with Gasteiger partial charge in [0.1, 0.15) is 4.88 Å². The summed E-state index contributed by atoms with van der Waals surface area (Å²) in [7, 11) is 0. The molecule has 0 aliphatic heterocycles. The number of halogens is 3. The number of rotatable bonds is 7. The van der Waals surface area contributed by atoms with E-state index in [2.05, 4.69) is 4.98 Å². The number of thiophene rings is 1. The summed E-state index contributed by atoms with van der Waals surface area (Å²) in [5, 5.41) is 0.980. The first kappa shape index (κ1) is 23.9. The number of alkyl halides is 3. The van der Waals surface area contributed by atoms with Gasteiger partial charge in [0.2, 0.25) is 0 Å². The van der Waals surface area contributed by atoms with Gasteiger partial charge < -0.3 is 13.9 Å². The maximum atomic E-state index is 13.8. The van der Waals surface area contributed by atoms with Crippen molar-refractivity contribution in [2.45, 2.75) is 26.1 Å². The molecular weight excluding hydrogens is 487 g/mol. The van der Waals surface area contributed by atoms with E-state index in [1.807, 2.05) is 35.0 Å². The van der Waals surface area contributed by atoms with Crippen LogP contribution in [0.2, 0.25) is 0 Å². The van der Waals surface area contributed by atoms with Crippen LogP contribution in [0.5, 0.6) is 0 Å². The lowest BCUT2D eigenvalue weighted by Crippen LogP contribution is -2.08. The van der Waals surface area contributed by atoms with E-state index in [4.69, 9.17) is 4.74 Å². The Hall–Kier alpha value is -3.85. The number of nitrogens with zero attached hydrogens (tertiary/aromatic N) is 3. The third-order valence-corrected chi connectivity index (χ3v) is 7.03. The SMILES string of the molecule is CCOC(=O)CCn1ccc2cc(-n3cnc(-c4cc(-c5ccccc5)c(C(F)(F)F)s4)c3)ccc21. The van der Waals surface area contributed by atoms with Gasteiger partial charge in [-0.3, -0.25) is 4.79 Å². The van der Waals surface area contributed by atoms with Gasteiger partial charge in [0, 0.05) is 41.1 Å². The van der Waals surface area contributed by atoms with Gasteiger partial charge in [0.05, 0.1) is 29.9 Å². The van der Waals surface area contributed by atoms with Crippen molar-refractivity contribution in [1.82, 2.24) is 14.1 Å². The summed E-state index contributed by atoms with van der Waals surface area (Å²) in [5.74, 6) is -0.236. The molecule has 3 aromatic heterocycles. The van der Waals surface area contributed by atoms with Gasteiger partial charge in [0.15, 0.2) is 0 Å². The van der Waals surface area contributed by atoms with Crippen LogP contribution in [0.25, 0.3) is 38.3 Å². The second kappa shape index (κ2) is 9.66. The lowest BCUT2D eigenvalue weighted by Gasteiger charge is -2.07. The topological polar surface area (TPSA) is 49.0 Å². The molecular formula is C27H22F3N3O2S. The maximum absolute atomic E-state index is 13.8. The molecule has 0 bridgehead atoms. The molecule has 0 N–H and O–H groups in total. The Morgan fingerprint density at radius 2 is 1.89 bits per heavy atom. The molecule has 0 saturated carbocycles. The molecule has 0 radical (unpaired) electrons. The van der Waals surface area contributed by atoms with E-state index in [1.165, 1.54) is 0 Å². The van der Waals surface area contributed by atoms with Crippen molar-refractivity contribution in [3.8, 4) is 27.4 Å². The third-order valence-electron chi connectivity index (χ3n) is 5.82. The number of ether oxygens (including phenoxy) is 1. The molecule has 5 aromatic rings. The van der Waals surface area contributed by atoms with Crippen molar-refractivity contribution in [2.24, 2.45) is 0 Å². The Bertz CT molecular complexity index is 1520. The second-order valence-corrected chi connectivity index (χ2v) is 9.24. The average molecular weight is 510 g/mol. The Morgan fingerprint density at radius 3 is 2.64 bits per heavy atom. The standard InChI is InChI=1S/C27H22F3N3O2S/c1-2-35-25(34)11-13-32-12-10-19-14-20(8-9-23(19)32)33-16-22(31-17-33)24-15-21(18-6-4-3-5-7-18)26(36-24)27(28,29)30/h3-10,12,14-17H,2,11,13H2,1H3. The van der Waals surface area contributed by atoms with Crippen LogP contribution in [0, 0.1) is 0 Å². The highest BCUT2D eigenvalue weighted by molar-refractivity contribution is 7.16. The van der Waals surface area contributed by atoms with Crippen LogP contribution in [-0.4, -0.2) is 26.7 Å². The van der Waals surface area contributed by atoms with Crippen molar-refractivity contribution in [2.75, 3.05) is 6.61 Å². The van der Waals surface area contributed by atoms with Crippen LogP contribution in [0.4, 0.5) is 13.2 Å². The van der Waals surface area contributed by atoms with Crippen molar-refractivity contribution in [1.29, 1.82) is 0 Å². The summed E-state index contributed by atoms with van der Waals surface area (Å²) in [6, 6.07) is 17.9. The van der Waals surface area contributed by atoms with Crippen molar-refractivity contribution < 1.29 is 22.7 Å². The minimum atomic E-state index is -4.46. The highest BCUT2D eigenvalue weighted by Gasteiger charge is 2.36. The molecule has 0 fully saturated rings. The summed E-state index contributed by atoms with van der Waals surface area (Å²) >= 11 is 0.698. The van der Waals surface area contributed by atoms with E-state index in [0.29, 0.717) is 40.6 Å². The first-order chi connectivity index (χ1) is 17.3. The van der Waals surface area contributed by atoms with E-state index in [1.54, 1.807) is 60.4 Å². The molecule has 0 saturated heterocycles. The molecule has 2 aromatic carbocycles. The lowest BCUT2D eigenvalue weighted by molar-refractivity contribution is -0.143. The molecule has 5 nitrogen and oxygen atoms in total. The largest absolute Gasteiger partial charge is 0.466 e. The highest BCUT2D eigenvalue weighted by atomic mass is 32.1. The Labute approximate surface area is 209 Å². The van der Waals surface area contributed by atoms with Crippen LogP contribution >= 0.6 is 11.3 Å². The molecule has 0 spiro atoms. The quantitative estimate of drug-likeness (QED) is 0.218. The predicted octanol–water partition coefficient (Wildman–Crippen LogP) is 7.19. The van der Waals surface area contributed by atoms with Crippen LogP contribution < -0.4 is 0 Å². The van der Waals surface area contributed by atoms with E-state index < -0.39 is 11.1 Å². The van der Waals surface area contributed by atoms with E-state index in [-0.39, 0.29) is 18.0 Å². The van der Waals surface area contributed by atoms with Crippen LogP contribution in [0.15, 0.2) is 79.4 Å². The van der Waals surface area contributed by atoms with Crippen LogP contribution in [-0.2, 0) is 22.3 Å². The molecule has 184 valence electrons. The van der Waals surface area contributed by atoms with Crippen molar-refractivity contribution in [3.05, 3.63) is 84.3 Å². The fourth-order valence-electron chi connectivity index (χ4n) is 4.14. The summed E-state index contributed by atoms with van der Waals surface area (Å²) in [4.78, 5) is 15.9. The normalized spacial score (nSPS) is 11.8. The van der Waals surface area contributed by atoms with Gasteiger partial charge in [-0.1, -0.05) is 30.3 Å². The number of esters is 1. The maximum Gasteiger partial charge on any atom is 0.426 e. The third kappa shape index (κ3) is 4.79. The predicted molar refractivity (Wildman–Crippen MR) is 134 cm³/mol. The first-order valence-corrected chi connectivity index (χ1v) is 12.2. The fraction of sp³-hybridized carbons (Fsp3) is 0.185. The number of fused-ring (bicyclic) bond motifs is 1. The summed E-state index contributed by atoms with van der Waals surface area (Å²) in [5.41, 5.74) is 2.96. The van der Waals surface area contributed by atoms with Gasteiger partial charge in [0.25, 0.3) is 0 Å². The zero-order valence-corrected chi connectivity index (χ0v) is 20.1. The number of imidazole rings is 1. The second-order valence-electron chi connectivity index (χ2n) is 8.19. The van der Waals surface area contributed by atoms with Crippen molar-refractivity contribution in [3.63, 3.8) is 0 Å². The summed E-state index contributed by atoms with van der Waals surface area (Å²) in [6.45, 7) is 2.65. The number of carbonyl (C=O) groups excluding carboxylic acids is 1. The molecule has 0 aliphatic rings. The van der Waals surface area contributed by atoms with Gasteiger partial charge in [-0.25, -0.2) is 4.98 Å². The molecule has 5 rings (SSSR count). The number of benzene rings is 2. The molecule has 0 amide bonds. The average Bonchev–Trinajstić information content (AvgIpc) is 3.61. The van der Waals surface area contributed by atoms with E-state index >= 15 is 0 Å². The monoisotopic (exact) mass is 509 g/mol. The summed E-state index contributed by atoms with van der Waals surface area (Å²) in [6.07, 6.45) is 1.09. The number of carbonyl (C=O) groups is 1. The van der Waals surface area contributed by atoms with Crippen LogP contribution in [0.3, 0.4) is 0 Å². The zero-order chi connectivity index (χ0) is 25.3. The van der Waals surface area contributed by atoms with Gasteiger partial charge in [-0.15, -0.1) is 11.3 Å². The zero-order valence-electron chi connectivity index (χ0n) is 19.3. The summed E-state index contributed by atoms with van der Waals surface area (Å²) < 4.78 is 50.1. The van der Waals surface area contributed by atoms with Crippen molar-refractivity contribution >= 4 is 28.2 Å².